The number of hydrogen-bond acceptors (Lipinski definition) is 5. The first-order valence-electron chi connectivity index (χ1n) is 8.56. The van der Waals surface area contributed by atoms with E-state index in [1.165, 1.54) is 30.8 Å². The highest BCUT2D eigenvalue weighted by atomic mass is 32.2. The van der Waals surface area contributed by atoms with Crippen LogP contribution in [-0.2, 0) is 4.79 Å². The van der Waals surface area contributed by atoms with Crippen LogP contribution in [0.2, 0.25) is 0 Å². The molecule has 3 rings (SSSR count). The molecule has 0 bridgehead atoms. The van der Waals surface area contributed by atoms with E-state index in [9.17, 15) is 14.0 Å². The average molecular weight is 395 g/mol. The van der Waals surface area contributed by atoms with Crippen molar-refractivity contribution >= 4 is 29.1 Å². The molecule has 7 heteroatoms. The number of ketones is 1. The maximum Gasteiger partial charge on any atom is 0.234 e. The molecule has 1 aromatic heterocycles. The van der Waals surface area contributed by atoms with Crippen molar-refractivity contribution < 1.29 is 14.0 Å². The first-order valence-corrected chi connectivity index (χ1v) is 9.54. The molecule has 142 valence electrons. The van der Waals surface area contributed by atoms with Gasteiger partial charge >= 0.3 is 0 Å². The Hall–Kier alpha value is -3.06. The minimum atomic E-state index is -0.357. The third kappa shape index (κ3) is 5.23. The van der Waals surface area contributed by atoms with Gasteiger partial charge in [-0.05, 0) is 44.2 Å². The summed E-state index contributed by atoms with van der Waals surface area (Å²) in [5, 5.41) is 3.40. The third-order valence-electron chi connectivity index (χ3n) is 3.82. The number of aryl methyl sites for hydroxylation is 1. The number of aromatic nitrogens is 2. The number of anilines is 1. The molecule has 0 saturated carbocycles. The van der Waals surface area contributed by atoms with Gasteiger partial charge in [-0.15, -0.1) is 0 Å². The number of rotatable bonds is 6. The molecular formula is C21H18FN3O2S. The van der Waals surface area contributed by atoms with Gasteiger partial charge in [0, 0.05) is 22.5 Å². The third-order valence-corrected chi connectivity index (χ3v) is 4.73. The van der Waals surface area contributed by atoms with Gasteiger partial charge in [0.25, 0.3) is 0 Å². The minimum Gasteiger partial charge on any atom is -0.325 e. The summed E-state index contributed by atoms with van der Waals surface area (Å²) in [6.45, 7) is 3.30. The van der Waals surface area contributed by atoms with E-state index in [1.807, 2.05) is 6.92 Å². The highest BCUT2D eigenvalue weighted by molar-refractivity contribution is 7.99. The second-order valence-corrected chi connectivity index (χ2v) is 7.15. The summed E-state index contributed by atoms with van der Waals surface area (Å²) in [5.74, 6) is -0.0785. The Morgan fingerprint density at radius 2 is 1.86 bits per heavy atom. The monoisotopic (exact) mass is 395 g/mol. The molecule has 0 aliphatic rings. The number of Topliss-reactive ketones (excluding diaryl/α,β-unsaturated/α-hetero) is 1. The van der Waals surface area contributed by atoms with Crippen LogP contribution in [0.3, 0.4) is 0 Å². The van der Waals surface area contributed by atoms with Gasteiger partial charge in [-0.25, -0.2) is 14.4 Å². The van der Waals surface area contributed by atoms with Crippen LogP contribution >= 0.6 is 11.8 Å². The molecule has 1 heterocycles. The summed E-state index contributed by atoms with van der Waals surface area (Å²) in [4.78, 5) is 32.4. The van der Waals surface area contributed by atoms with Gasteiger partial charge in [0.2, 0.25) is 5.91 Å². The second-order valence-electron chi connectivity index (χ2n) is 6.16. The van der Waals surface area contributed by atoms with E-state index in [4.69, 9.17) is 0 Å². The Balaban J connectivity index is 1.68. The van der Waals surface area contributed by atoms with E-state index in [1.54, 1.807) is 42.5 Å². The summed E-state index contributed by atoms with van der Waals surface area (Å²) >= 11 is 1.26. The topological polar surface area (TPSA) is 72.0 Å². The van der Waals surface area contributed by atoms with Crippen LogP contribution in [0.1, 0.15) is 23.0 Å². The number of nitrogens with zero attached hydrogens (tertiary/aromatic N) is 2. The summed E-state index contributed by atoms with van der Waals surface area (Å²) in [5.41, 5.74) is 2.41. The summed E-state index contributed by atoms with van der Waals surface area (Å²) in [7, 11) is 0. The normalized spacial score (nSPS) is 10.5. The van der Waals surface area contributed by atoms with Gasteiger partial charge in [-0.3, -0.25) is 9.59 Å². The number of carbonyl (C=O) groups excluding carboxylic acids is 2. The highest BCUT2D eigenvalue weighted by Crippen LogP contribution is 2.22. The fraction of sp³-hybridized carbons (Fsp3) is 0.143. The van der Waals surface area contributed by atoms with Gasteiger partial charge in [0.05, 0.1) is 5.75 Å². The van der Waals surface area contributed by atoms with E-state index in [0.717, 1.165) is 5.69 Å². The average Bonchev–Trinajstić information content (AvgIpc) is 2.66. The van der Waals surface area contributed by atoms with Gasteiger partial charge in [0.1, 0.15) is 10.8 Å². The van der Waals surface area contributed by atoms with Crippen LogP contribution in [0.25, 0.3) is 11.4 Å². The molecule has 0 spiro atoms. The lowest BCUT2D eigenvalue weighted by molar-refractivity contribution is -0.113. The van der Waals surface area contributed by atoms with Gasteiger partial charge in [0.15, 0.2) is 11.6 Å². The van der Waals surface area contributed by atoms with Crippen molar-refractivity contribution in [2.75, 3.05) is 11.1 Å². The number of thioether (sulfide) groups is 1. The van der Waals surface area contributed by atoms with Crippen molar-refractivity contribution in [1.29, 1.82) is 0 Å². The minimum absolute atomic E-state index is 0.0631. The van der Waals surface area contributed by atoms with E-state index in [-0.39, 0.29) is 23.3 Å². The molecule has 5 nitrogen and oxygen atoms in total. The fourth-order valence-electron chi connectivity index (χ4n) is 2.52. The number of benzene rings is 2. The molecular weight excluding hydrogens is 377 g/mol. The summed E-state index contributed by atoms with van der Waals surface area (Å²) in [6.07, 6.45) is 0. The van der Waals surface area contributed by atoms with Crippen molar-refractivity contribution in [3.8, 4) is 11.4 Å². The van der Waals surface area contributed by atoms with E-state index >= 15 is 0 Å². The largest absolute Gasteiger partial charge is 0.325 e. The molecule has 0 unspecified atom stereocenters. The van der Waals surface area contributed by atoms with Gasteiger partial charge < -0.3 is 5.32 Å². The van der Waals surface area contributed by atoms with Crippen molar-refractivity contribution in [2.24, 2.45) is 0 Å². The van der Waals surface area contributed by atoms with Crippen molar-refractivity contribution in [1.82, 2.24) is 9.97 Å². The maximum atomic E-state index is 13.5. The molecule has 0 fully saturated rings. The summed E-state index contributed by atoms with van der Waals surface area (Å²) in [6, 6.07) is 14.6. The molecule has 3 aromatic rings. The fourth-order valence-corrected chi connectivity index (χ4v) is 3.28. The smallest absolute Gasteiger partial charge is 0.234 e. The zero-order chi connectivity index (χ0) is 20.1. The molecule has 0 atom stereocenters. The quantitative estimate of drug-likeness (QED) is 0.377. The van der Waals surface area contributed by atoms with E-state index in [2.05, 4.69) is 15.3 Å². The van der Waals surface area contributed by atoms with Crippen molar-refractivity contribution in [2.45, 2.75) is 18.9 Å². The Labute approximate surface area is 166 Å². The lowest BCUT2D eigenvalue weighted by Gasteiger charge is -2.08. The van der Waals surface area contributed by atoms with Crippen LogP contribution in [0.4, 0.5) is 10.1 Å². The number of nitrogens with one attached hydrogen (secondary N) is 1. The molecule has 2 aromatic carbocycles. The molecule has 0 aliphatic carbocycles. The lowest BCUT2D eigenvalue weighted by Crippen LogP contribution is -2.14. The van der Waals surface area contributed by atoms with Crippen LogP contribution in [0.5, 0.6) is 0 Å². The Morgan fingerprint density at radius 3 is 2.61 bits per heavy atom. The van der Waals surface area contributed by atoms with Crippen LogP contribution in [0, 0.1) is 12.7 Å². The number of halogens is 1. The van der Waals surface area contributed by atoms with Crippen molar-refractivity contribution in [3.05, 3.63) is 71.7 Å². The molecule has 28 heavy (non-hydrogen) atoms. The SMILES string of the molecule is CC(=O)c1cccc(NC(=O)CSc2cc(C)nc(-c3cccc(F)c3)n2)c1. The van der Waals surface area contributed by atoms with Crippen molar-refractivity contribution in [3.63, 3.8) is 0 Å². The maximum absolute atomic E-state index is 13.5. The molecule has 0 radical (unpaired) electrons. The first-order chi connectivity index (χ1) is 13.4. The van der Waals surface area contributed by atoms with Crippen LogP contribution in [-0.4, -0.2) is 27.4 Å². The van der Waals surface area contributed by atoms with Crippen LogP contribution < -0.4 is 5.32 Å². The van der Waals surface area contributed by atoms with Gasteiger partial charge in [-0.1, -0.05) is 36.0 Å². The Morgan fingerprint density at radius 1 is 1.07 bits per heavy atom. The van der Waals surface area contributed by atoms with E-state index in [0.29, 0.717) is 27.7 Å². The predicted molar refractivity (Wildman–Crippen MR) is 108 cm³/mol. The number of hydrogen-bond donors (Lipinski definition) is 1. The zero-order valence-electron chi connectivity index (χ0n) is 15.4. The Bertz CT molecular complexity index is 1040. The highest BCUT2D eigenvalue weighted by Gasteiger charge is 2.10. The Kier molecular flexibility index (Phi) is 6.16. The standard InChI is InChI=1S/C21H18FN3O2S/c1-13-9-20(25-21(23-13)16-6-3-7-17(22)10-16)28-12-19(27)24-18-8-4-5-15(11-18)14(2)26/h3-11H,12H2,1-2H3,(H,24,27). The van der Waals surface area contributed by atoms with E-state index < -0.39 is 0 Å². The molecule has 0 aliphatic heterocycles. The molecule has 1 amide bonds. The molecule has 1 N–H and O–H groups in total. The van der Waals surface area contributed by atoms with Gasteiger partial charge in [-0.2, -0.15) is 0 Å². The first kappa shape index (κ1) is 19.7. The lowest BCUT2D eigenvalue weighted by atomic mass is 10.1. The molecule has 0 saturated heterocycles. The number of amides is 1. The predicted octanol–water partition coefficient (Wildman–Crippen LogP) is 4.52. The zero-order valence-corrected chi connectivity index (χ0v) is 16.2. The summed E-state index contributed by atoms with van der Waals surface area (Å²) < 4.78 is 13.5. The number of carbonyl (C=O) groups is 2. The van der Waals surface area contributed by atoms with Crippen LogP contribution in [0.15, 0.2) is 59.6 Å². The second kappa shape index (κ2) is 8.75.